The molecule has 0 aliphatic heterocycles. The summed E-state index contributed by atoms with van der Waals surface area (Å²) in [4.78, 5) is 12.2. The number of ether oxygens (including phenoxy) is 1. The van der Waals surface area contributed by atoms with E-state index in [4.69, 9.17) is 9.15 Å². The predicted molar refractivity (Wildman–Crippen MR) is 105 cm³/mol. The van der Waals surface area contributed by atoms with Crippen molar-refractivity contribution in [2.75, 3.05) is 11.1 Å². The second-order valence-electron chi connectivity index (χ2n) is 6.18. The highest BCUT2D eigenvalue weighted by atomic mass is 32.2. The van der Waals surface area contributed by atoms with Crippen LogP contribution in [-0.4, -0.2) is 21.9 Å². The first kappa shape index (κ1) is 19.9. The average Bonchev–Trinajstić information content (AvgIpc) is 3.15. The minimum atomic E-state index is -0.623. The van der Waals surface area contributed by atoms with Gasteiger partial charge in [0.25, 0.3) is 11.1 Å². The van der Waals surface area contributed by atoms with E-state index in [2.05, 4.69) is 15.5 Å². The first-order valence-electron chi connectivity index (χ1n) is 8.67. The Morgan fingerprint density at radius 2 is 2.00 bits per heavy atom. The molecule has 1 atom stereocenters. The van der Waals surface area contributed by atoms with Crippen LogP contribution >= 0.6 is 11.8 Å². The van der Waals surface area contributed by atoms with Crippen LogP contribution in [0.15, 0.2) is 52.1 Å². The number of anilines is 1. The lowest BCUT2D eigenvalue weighted by molar-refractivity contribution is -0.113. The lowest BCUT2D eigenvalue weighted by Gasteiger charge is -2.11. The SMILES string of the molecule is Cc1cccc(NC(=O)CSc2nnc([C@H](C)Oc3ccccc3F)o2)c1C. The van der Waals surface area contributed by atoms with E-state index in [1.807, 2.05) is 32.0 Å². The van der Waals surface area contributed by atoms with Crippen LogP contribution in [0.1, 0.15) is 30.0 Å². The molecule has 0 fully saturated rings. The molecular formula is C20H20FN3O3S. The molecule has 3 rings (SSSR count). The normalized spacial score (nSPS) is 11.9. The van der Waals surface area contributed by atoms with Gasteiger partial charge in [0.05, 0.1) is 5.75 Å². The van der Waals surface area contributed by atoms with Crippen LogP contribution in [0.25, 0.3) is 0 Å². The minimum Gasteiger partial charge on any atom is -0.478 e. The summed E-state index contributed by atoms with van der Waals surface area (Å²) >= 11 is 1.12. The van der Waals surface area contributed by atoms with Gasteiger partial charge in [-0.25, -0.2) is 4.39 Å². The van der Waals surface area contributed by atoms with E-state index >= 15 is 0 Å². The summed E-state index contributed by atoms with van der Waals surface area (Å²) in [5, 5.41) is 10.9. The summed E-state index contributed by atoms with van der Waals surface area (Å²) in [7, 11) is 0. The molecule has 1 heterocycles. The molecule has 0 unspecified atom stereocenters. The van der Waals surface area contributed by atoms with Crippen LogP contribution in [0.3, 0.4) is 0 Å². The molecule has 2 aromatic carbocycles. The smallest absolute Gasteiger partial charge is 0.277 e. The molecule has 0 radical (unpaired) electrons. The topological polar surface area (TPSA) is 77.2 Å². The standard InChI is InChI=1S/C20H20FN3O3S/c1-12-7-6-9-16(13(12)2)22-18(25)11-28-20-24-23-19(27-20)14(3)26-17-10-5-4-8-15(17)21/h4-10,14H,11H2,1-3H3,(H,22,25)/t14-/m0/s1. The Kier molecular flexibility index (Phi) is 6.30. The Hall–Kier alpha value is -2.87. The Morgan fingerprint density at radius 1 is 1.21 bits per heavy atom. The van der Waals surface area contributed by atoms with Crippen molar-refractivity contribution in [1.82, 2.24) is 10.2 Å². The van der Waals surface area contributed by atoms with Crippen LogP contribution in [-0.2, 0) is 4.79 Å². The Morgan fingerprint density at radius 3 is 2.79 bits per heavy atom. The largest absolute Gasteiger partial charge is 0.478 e. The maximum Gasteiger partial charge on any atom is 0.277 e. The molecule has 0 aliphatic rings. The monoisotopic (exact) mass is 401 g/mol. The van der Waals surface area contributed by atoms with Crippen LogP contribution in [0.5, 0.6) is 5.75 Å². The molecule has 0 saturated carbocycles. The number of hydrogen-bond acceptors (Lipinski definition) is 6. The van der Waals surface area contributed by atoms with Crippen molar-refractivity contribution in [3.8, 4) is 5.75 Å². The quantitative estimate of drug-likeness (QED) is 0.579. The fourth-order valence-electron chi connectivity index (χ4n) is 2.42. The second kappa shape index (κ2) is 8.88. The van der Waals surface area contributed by atoms with Crippen molar-refractivity contribution in [3.05, 3.63) is 65.3 Å². The highest BCUT2D eigenvalue weighted by molar-refractivity contribution is 7.99. The average molecular weight is 401 g/mol. The molecule has 6 nitrogen and oxygen atoms in total. The van der Waals surface area contributed by atoms with E-state index in [-0.39, 0.29) is 28.5 Å². The van der Waals surface area contributed by atoms with Crippen LogP contribution in [0.4, 0.5) is 10.1 Å². The fraction of sp³-hybridized carbons (Fsp3) is 0.250. The Balaban J connectivity index is 1.55. The molecule has 28 heavy (non-hydrogen) atoms. The molecule has 1 aromatic heterocycles. The molecule has 1 N–H and O–H groups in total. The van der Waals surface area contributed by atoms with Gasteiger partial charge in [0.2, 0.25) is 5.91 Å². The number of hydrogen-bond donors (Lipinski definition) is 1. The summed E-state index contributed by atoms with van der Waals surface area (Å²) in [6.45, 7) is 5.63. The van der Waals surface area contributed by atoms with Gasteiger partial charge >= 0.3 is 0 Å². The van der Waals surface area contributed by atoms with Gasteiger partial charge in [-0.15, -0.1) is 10.2 Å². The zero-order valence-corrected chi connectivity index (χ0v) is 16.5. The van der Waals surface area contributed by atoms with Gasteiger partial charge < -0.3 is 14.5 Å². The third-order valence-corrected chi connectivity index (χ3v) is 4.93. The third-order valence-electron chi connectivity index (χ3n) is 4.12. The number of nitrogens with one attached hydrogen (secondary N) is 1. The van der Waals surface area contributed by atoms with E-state index in [1.165, 1.54) is 12.1 Å². The number of amides is 1. The van der Waals surface area contributed by atoms with E-state index in [0.717, 1.165) is 28.6 Å². The molecular weight excluding hydrogens is 381 g/mol. The fourth-order valence-corrected chi connectivity index (χ4v) is 2.99. The molecule has 146 valence electrons. The maximum atomic E-state index is 13.7. The molecule has 0 aliphatic carbocycles. The molecule has 1 amide bonds. The number of carbonyl (C=O) groups excluding carboxylic acids is 1. The van der Waals surface area contributed by atoms with Crippen LogP contribution in [0.2, 0.25) is 0 Å². The Bertz CT molecular complexity index is 977. The van der Waals surface area contributed by atoms with Crippen molar-refractivity contribution >= 4 is 23.4 Å². The number of halogens is 1. The van der Waals surface area contributed by atoms with Crippen molar-refractivity contribution in [2.24, 2.45) is 0 Å². The molecule has 8 heteroatoms. The molecule has 0 bridgehead atoms. The third kappa shape index (κ3) is 4.89. The molecule has 3 aromatic rings. The van der Waals surface area contributed by atoms with E-state index in [0.29, 0.717) is 0 Å². The molecule has 0 spiro atoms. The van der Waals surface area contributed by atoms with E-state index in [1.54, 1.807) is 19.1 Å². The van der Waals surface area contributed by atoms with Gasteiger partial charge in [-0.3, -0.25) is 4.79 Å². The highest BCUT2D eigenvalue weighted by Crippen LogP contribution is 2.26. The van der Waals surface area contributed by atoms with Gasteiger partial charge in [-0.1, -0.05) is 36.0 Å². The first-order chi connectivity index (χ1) is 13.4. The van der Waals surface area contributed by atoms with Crippen LogP contribution in [0, 0.1) is 19.7 Å². The number of carbonyl (C=O) groups is 1. The number of thioether (sulfide) groups is 1. The van der Waals surface area contributed by atoms with Gasteiger partial charge in [-0.2, -0.15) is 0 Å². The summed E-state index contributed by atoms with van der Waals surface area (Å²) in [5.74, 6) is -0.200. The lowest BCUT2D eigenvalue weighted by Crippen LogP contribution is -2.15. The number of aryl methyl sites for hydroxylation is 1. The molecule has 0 saturated heterocycles. The zero-order valence-electron chi connectivity index (χ0n) is 15.7. The zero-order chi connectivity index (χ0) is 20.1. The van der Waals surface area contributed by atoms with Crippen molar-refractivity contribution in [2.45, 2.75) is 32.1 Å². The van der Waals surface area contributed by atoms with E-state index in [9.17, 15) is 9.18 Å². The summed E-state index contributed by atoms with van der Waals surface area (Å²) < 4.78 is 24.7. The minimum absolute atomic E-state index is 0.107. The maximum absolute atomic E-state index is 13.7. The van der Waals surface area contributed by atoms with Gasteiger partial charge in [0.1, 0.15) is 0 Å². The van der Waals surface area contributed by atoms with Gasteiger partial charge in [0, 0.05) is 5.69 Å². The van der Waals surface area contributed by atoms with Gasteiger partial charge in [0.15, 0.2) is 17.7 Å². The number of aromatic nitrogens is 2. The van der Waals surface area contributed by atoms with Crippen LogP contribution < -0.4 is 10.1 Å². The summed E-state index contributed by atoms with van der Waals surface area (Å²) in [6, 6.07) is 11.8. The number of benzene rings is 2. The van der Waals surface area contributed by atoms with Crippen molar-refractivity contribution < 1.29 is 18.3 Å². The number of para-hydroxylation sites is 1. The first-order valence-corrected chi connectivity index (χ1v) is 9.66. The summed E-state index contributed by atoms with van der Waals surface area (Å²) in [5.41, 5.74) is 2.92. The summed E-state index contributed by atoms with van der Waals surface area (Å²) in [6.07, 6.45) is -0.623. The predicted octanol–water partition coefficient (Wildman–Crippen LogP) is 4.70. The van der Waals surface area contributed by atoms with E-state index < -0.39 is 11.9 Å². The second-order valence-corrected chi connectivity index (χ2v) is 7.11. The van der Waals surface area contributed by atoms with Gasteiger partial charge in [-0.05, 0) is 50.1 Å². The lowest BCUT2D eigenvalue weighted by atomic mass is 10.1. The van der Waals surface area contributed by atoms with Crippen molar-refractivity contribution in [1.29, 1.82) is 0 Å². The highest BCUT2D eigenvalue weighted by Gasteiger charge is 2.18. The Labute approximate surface area is 166 Å². The van der Waals surface area contributed by atoms with Crippen molar-refractivity contribution in [3.63, 3.8) is 0 Å². The number of rotatable bonds is 7. The number of nitrogens with zero attached hydrogens (tertiary/aromatic N) is 2.